The van der Waals surface area contributed by atoms with Gasteiger partial charge in [0.15, 0.2) is 16.7 Å². The lowest BCUT2D eigenvalue weighted by Crippen LogP contribution is -2.35. The Bertz CT molecular complexity index is 1230. The maximum absolute atomic E-state index is 13.1. The summed E-state index contributed by atoms with van der Waals surface area (Å²) >= 11 is 1.17. The molecule has 178 valence electrons. The largest absolute Gasteiger partial charge is 0.493 e. The van der Waals surface area contributed by atoms with Crippen LogP contribution in [0.2, 0.25) is 0 Å². The predicted molar refractivity (Wildman–Crippen MR) is 128 cm³/mol. The van der Waals surface area contributed by atoms with E-state index in [9.17, 15) is 14.0 Å². The number of fused-ring (bicyclic) bond motifs is 1. The quantitative estimate of drug-likeness (QED) is 0.374. The number of H-pyrrole nitrogens is 1. The SMILES string of the molecule is COc1ccc(NC(=O)CSc2nc3c(c(=O)[nH]2)CN(Cc2ccc(F)cc2)CC3)cc1OC. The van der Waals surface area contributed by atoms with E-state index in [4.69, 9.17) is 9.47 Å². The maximum Gasteiger partial charge on any atom is 0.256 e. The number of ether oxygens (including phenoxy) is 2. The number of thioether (sulfide) groups is 1. The molecule has 0 spiro atoms. The van der Waals surface area contributed by atoms with E-state index in [0.29, 0.717) is 47.4 Å². The van der Waals surface area contributed by atoms with Crippen LogP contribution in [-0.2, 0) is 24.3 Å². The Balaban J connectivity index is 1.35. The van der Waals surface area contributed by atoms with E-state index in [2.05, 4.69) is 20.2 Å². The van der Waals surface area contributed by atoms with E-state index in [1.807, 2.05) is 0 Å². The smallest absolute Gasteiger partial charge is 0.256 e. The number of aromatic amines is 1. The van der Waals surface area contributed by atoms with Gasteiger partial charge in [0.25, 0.3) is 5.56 Å². The minimum atomic E-state index is -0.268. The molecule has 2 N–H and O–H groups in total. The molecule has 2 heterocycles. The number of aromatic nitrogens is 2. The number of rotatable bonds is 8. The van der Waals surface area contributed by atoms with Crippen molar-refractivity contribution < 1.29 is 18.7 Å². The third-order valence-corrected chi connectivity index (χ3v) is 6.33. The number of methoxy groups -OCH3 is 2. The van der Waals surface area contributed by atoms with E-state index < -0.39 is 0 Å². The summed E-state index contributed by atoms with van der Waals surface area (Å²) in [5.41, 5.74) is 2.75. The normalized spacial score (nSPS) is 13.3. The average Bonchev–Trinajstić information content (AvgIpc) is 2.84. The van der Waals surface area contributed by atoms with Gasteiger partial charge >= 0.3 is 0 Å². The van der Waals surface area contributed by atoms with Crippen LogP contribution in [0.5, 0.6) is 11.5 Å². The number of benzene rings is 2. The molecule has 0 atom stereocenters. The monoisotopic (exact) mass is 484 g/mol. The van der Waals surface area contributed by atoms with Crippen LogP contribution in [0.1, 0.15) is 16.8 Å². The van der Waals surface area contributed by atoms with Crippen molar-refractivity contribution in [1.82, 2.24) is 14.9 Å². The van der Waals surface area contributed by atoms with Gasteiger partial charge in [-0.2, -0.15) is 0 Å². The number of halogens is 1. The predicted octanol–water partition coefficient (Wildman–Crippen LogP) is 3.22. The lowest BCUT2D eigenvalue weighted by atomic mass is 10.1. The molecule has 1 amide bonds. The molecule has 0 saturated heterocycles. The first-order chi connectivity index (χ1) is 16.4. The van der Waals surface area contributed by atoms with Gasteiger partial charge in [0.05, 0.1) is 31.2 Å². The summed E-state index contributed by atoms with van der Waals surface area (Å²) in [6.07, 6.45) is 0.631. The molecule has 10 heteroatoms. The minimum Gasteiger partial charge on any atom is -0.493 e. The number of carbonyl (C=O) groups is 1. The zero-order valence-electron chi connectivity index (χ0n) is 18.9. The number of hydrogen-bond donors (Lipinski definition) is 2. The van der Waals surface area contributed by atoms with Crippen LogP contribution in [0.4, 0.5) is 10.1 Å². The Labute approximate surface area is 200 Å². The summed E-state index contributed by atoms with van der Waals surface area (Å²) in [4.78, 5) is 34.6. The lowest BCUT2D eigenvalue weighted by molar-refractivity contribution is -0.113. The van der Waals surface area contributed by atoms with Crippen molar-refractivity contribution in [3.8, 4) is 11.5 Å². The van der Waals surface area contributed by atoms with Crippen LogP contribution in [0.3, 0.4) is 0 Å². The zero-order chi connectivity index (χ0) is 24.1. The number of anilines is 1. The first kappa shape index (κ1) is 23.8. The molecular formula is C24H25FN4O4S. The molecule has 0 unspecified atom stereocenters. The number of nitrogens with zero attached hydrogens (tertiary/aromatic N) is 2. The Morgan fingerprint density at radius 2 is 1.94 bits per heavy atom. The molecule has 34 heavy (non-hydrogen) atoms. The highest BCUT2D eigenvalue weighted by atomic mass is 32.2. The van der Waals surface area contributed by atoms with Crippen molar-refractivity contribution in [1.29, 1.82) is 0 Å². The van der Waals surface area contributed by atoms with E-state index in [1.165, 1.54) is 31.0 Å². The zero-order valence-corrected chi connectivity index (χ0v) is 19.7. The van der Waals surface area contributed by atoms with Crippen molar-refractivity contribution in [3.05, 3.63) is 75.5 Å². The van der Waals surface area contributed by atoms with Gasteiger partial charge in [-0.15, -0.1) is 0 Å². The highest BCUT2D eigenvalue weighted by Gasteiger charge is 2.21. The number of carbonyl (C=O) groups excluding carboxylic acids is 1. The Morgan fingerprint density at radius 3 is 2.68 bits per heavy atom. The molecule has 1 aliphatic heterocycles. The molecule has 0 saturated carbocycles. The molecule has 8 nitrogen and oxygen atoms in total. The highest BCUT2D eigenvalue weighted by Crippen LogP contribution is 2.30. The van der Waals surface area contributed by atoms with Gasteiger partial charge in [0.2, 0.25) is 5.91 Å². The van der Waals surface area contributed by atoms with E-state index in [-0.39, 0.29) is 23.0 Å². The van der Waals surface area contributed by atoms with Gasteiger partial charge in [0.1, 0.15) is 5.82 Å². The fraction of sp³-hybridized carbons (Fsp3) is 0.292. The van der Waals surface area contributed by atoms with E-state index in [0.717, 1.165) is 17.8 Å². The topological polar surface area (TPSA) is 96.5 Å². The summed E-state index contributed by atoms with van der Waals surface area (Å²) in [5.74, 6) is 0.676. The summed E-state index contributed by atoms with van der Waals surface area (Å²) in [7, 11) is 3.07. The molecule has 0 fully saturated rings. The summed E-state index contributed by atoms with van der Waals surface area (Å²) in [6.45, 7) is 1.84. The third-order valence-electron chi connectivity index (χ3n) is 5.45. The van der Waals surface area contributed by atoms with Gasteiger partial charge in [-0.25, -0.2) is 9.37 Å². The van der Waals surface area contributed by atoms with Crippen molar-refractivity contribution in [3.63, 3.8) is 0 Å². The molecule has 3 aromatic rings. The number of hydrogen-bond acceptors (Lipinski definition) is 7. The van der Waals surface area contributed by atoms with Crippen molar-refractivity contribution in [2.45, 2.75) is 24.7 Å². The van der Waals surface area contributed by atoms with Crippen LogP contribution in [-0.4, -0.2) is 47.3 Å². The Kier molecular flexibility index (Phi) is 7.49. The molecule has 1 aliphatic rings. The highest BCUT2D eigenvalue weighted by molar-refractivity contribution is 7.99. The van der Waals surface area contributed by atoms with Gasteiger partial charge in [-0.3, -0.25) is 14.5 Å². The second-order valence-corrected chi connectivity index (χ2v) is 8.75. The van der Waals surface area contributed by atoms with Gasteiger partial charge in [-0.05, 0) is 29.8 Å². The van der Waals surface area contributed by atoms with Crippen molar-refractivity contribution in [2.75, 3.05) is 31.8 Å². The van der Waals surface area contributed by atoms with Crippen molar-refractivity contribution >= 4 is 23.4 Å². The maximum atomic E-state index is 13.1. The molecule has 4 rings (SSSR count). The van der Waals surface area contributed by atoms with Crippen LogP contribution < -0.4 is 20.3 Å². The standard InChI is InChI=1S/C24H25FN4O4S/c1-32-20-8-7-17(11-21(20)33-2)26-22(30)14-34-24-27-19-9-10-29(13-18(19)23(31)28-24)12-15-3-5-16(25)6-4-15/h3-8,11H,9-10,12-14H2,1-2H3,(H,26,30)(H,27,28,31). The van der Waals surface area contributed by atoms with E-state index >= 15 is 0 Å². The van der Waals surface area contributed by atoms with E-state index in [1.54, 1.807) is 37.4 Å². The molecular weight excluding hydrogens is 459 g/mol. The molecule has 0 aliphatic carbocycles. The summed E-state index contributed by atoms with van der Waals surface area (Å²) < 4.78 is 23.6. The van der Waals surface area contributed by atoms with Crippen LogP contribution in [0.25, 0.3) is 0 Å². The average molecular weight is 485 g/mol. The fourth-order valence-electron chi connectivity index (χ4n) is 3.75. The third kappa shape index (κ3) is 5.75. The number of amides is 1. The second kappa shape index (κ2) is 10.7. The summed E-state index contributed by atoms with van der Waals surface area (Å²) in [6, 6.07) is 11.5. The Hall–Kier alpha value is -3.37. The first-order valence-corrected chi connectivity index (χ1v) is 11.7. The molecule has 2 aromatic carbocycles. The Morgan fingerprint density at radius 1 is 1.18 bits per heavy atom. The molecule has 0 bridgehead atoms. The van der Waals surface area contributed by atoms with Gasteiger partial charge in [-0.1, -0.05) is 23.9 Å². The fourth-order valence-corrected chi connectivity index (χ4v) is 4.43. The molecule has 1 aromatic heterocycles. The van der Waals surface area contributed by atoms with Crippen LogP contribution in [0, 0.1) is 5.82 Å². The first-order valence-electron chi connectivity index (χ1n) is 10.7. The van der Waals surface area contributed by atoms with Gasteiger partial charge in [0, 0.05) is 37.8 Å². The number of nitrogens with one attached hydrogen (secondary N) is 2. The second-order valence-electron chi connectivity index (χ2n) is 7.79. The van der Waals surface area contributed by atoms with Crippen LogP contribution in [0.15, 0.2) is 52.4 Å². The van der Waals surface area contributed by atoms with Gasteiger partial charge < -0.3 is 19.8 Å². The lowest BCUT2D eigenvalue weighted by Gasteiger charge is -2.27. The molecule has 0 radical (unpaired) electrons. The van der Waals surface area contributed by atoms with Crippen molar-refractivity contribution in [2.24, 2.45) is 0 Å². The van der Waals surface area contributed by atoms with Crippen LogP contribution >= 0.6 is 11.8 Å². The summed E-state index contributed by atoms with van der Waals surface area (Å²) in [5, 5.41) is 3.22. The minimum absolute atomic E-state index is 0.0900.